The number of nitrogens with one attached hydrogen (secondary N) is 1. The molecule has 2 aromatic rings. The summed E-state index contributed by atoms with van der Waals surface area (Å²) in [6, 6.07) is 0.850. The molecule has 7 nitrogen and oxygen atoms in total. The minimum absolute atomic E-state index is 0.113. The zero-order valence-corrected chi connectivity index (χ0v) is 15.8. The van der Waals surface area contributed by atoms with Gasteiger partial charge in [0.05, 0.1) is 18.5 Å². The largest absolute Gasteiger partial charge is 0.347 e. The number of alkyl halides is 1. The zero-order chi connectivity index (χ0) is 19.1. The van der Waals surface area contributed by atoms with Gasteiger partial charge in [0.15, 0.2) is 5.82 Å². The van der Waals surface area contributed by atoms with E-state index >= 15 is 0 Å². The number of fused-ring (bicyclic) bond motifs is 1. The van der Waals surface area contributed by atoms with E-state index in [0.717, 1.165) is 22.7 Å². The van der Waals surface area contributed by atoms with E-state index in [0.29, 0.717) is 6.42 Å². The fourth-order valence-corrected chi connectivity index (χ4v) is 3.96. The lowest BCUT2D eigenvalue weighted by Gasteiger charge is -2.33. The molecule has 1 fully saturated rings. The summed E-state index contributed by atoms with van der Waals surface area (Å²) < 4.78 is 54.2. The molecule has 0 aromatic carbocycles. The van der Waals surface area contributed by atoms with Crippen molar-refractivity contribution in [1.82, 2.24) is 18.9 Å². The standard InChI is InChI=1S/C16H23F2N5O2S/c1-4-10(2)14-7-11(17)15-8-19-16(21-23(14)15)20-13-5-6-22(9-12(13)18)26(3,24)25/h7-8,10,12-13H,4-6,9H2,1-3H3,(H,20,21)/t10?,12-,13-/m1/s1. The molecule has 1 aliphatic rings. The van der Waals surface area contributed by atoms with Gasteiger partial charge in [-0.1, -0.05) is 13.8 Å². The first-order valence-electron chi connectivity index (χ1n) is 8.60. The van der Waals surface area contributed by atoms with Crippen LogP contribution in [0.15, 0.2) is 12.3 Å². The molecule has 0 radical (unpaired) electrons. The van der Waals surface area contributed by atoms with Crippen LogP contribution in [0.3, 0.4) is 0 Å². The smallest absolute Gasteiger partial charge is 0.241 e. The zero-order valence-electron chi connectivity index (χ0n) is 15.0. The molecule has 0 amide bonds. The monoisotopic (exact) mass is 387 g/mol. The van der Waals surface area contributed by atoms with Crippen molar-refractivity contribution in [2.45, 2.75) is 44.8 Å². The number of nitrogens with zero attached hydrogens (tertiary/aromatic N) is 4. The molecule has 1 aliphatic heterocycles. The lowest BCUT2D eigenvalue weighted by molar-refractivity contribution is 0.186. The van der Waals surface area contributed by atoms with Crippen molar-refractivity contribution < 1.29 is 17.2 Å². The third-order valence-electron chi connectivity index (χ3n) is 4.90. The summed E-state index contributed by atoms with van der Waals surface area (Å²) in [6.45, 7) is 4.02. The minimum Gasteiger partial charge on any atom is -0.347 e. The number of anilines is 1. The van der Waals surface area contributed by atoms with E-state index in [-0.39, 0.29) is 30.5 Å². The summed E-state index contributed by atoms with van der Waals surface area (Å²) in [5, 5.41) is 7.24. The number of rotatable bonds is 5. The predicted molar refractivity (Wildman–Crippen MR) is 95.0 cm³/mol. The van der Waals surface area contributed by atoms with Crippen LogP contribution in [0.2, 0.25) is 0 Å². The molecule has 10 heteroatoms. The van der Waals surface area contributed by atoms with E-state index in [1.165, 1.54) is 16.8 Å². The minimum atomic E-state index is -3.41. The Morgan fingerprint density at radius 2 is 2.19 bits per heavy atom. The highest BCUT2D eigenvalue weighted by Gasteiger charge is 2.33. The molecule has 1 unspecified atom stereocenters. The quantitative estimate of drug-likeness (QED) is 0.851. The molecule has 26 heavy (non-hydrogen) atoms. The summed E-state index contributed by atoms with van der Waals surface area (Å²) in [5.41, 5.74) is 1.00. The Labute approximate surface area is 151 Å². The molecule has 0 saturated carbocycles. The van der Waals surface area contributed by atoms with Crippen molar-refractivity contribution in [2.24, 2.45) is 0 Å². The fourth-order valence-electron chi connectivity index (χ4n) is 3.11. The van der Waals surface area contributed by atoms with Crippen LogP contribution in [-0.4, -0.2) is 58.9 Å². The molecular formula is C16H23F2N5O2S. The average molecular weight is 387 g/mol. The van der Waals surface area contributed by atoms with Crippen molar-refractivity contribution >= 4 is 21.5 Å². The van der Waals surface area contributed by atoms with Crippen LogP contribution in [0.25, 0.3) is 5.52 Å². The Bertz CT molecular complexity index is 901. The third kappa shape index (κ3) is 3.66. The van der Waals surface area contributed by atoms with Crippen molar-refractivity contribution in [1.29, 1.82) is 0 Å². The number of sulfonamides is 1. The topological polar surface area (TPSA) is 79.6 Å². The molecule has 3 rings (SSSR count). The molecule has 0 aliphatic carbocycles. The van der Waals surface area contributed by atoms with Gasteiger partial charge < -0.3 is 5.32 Å². The van der Waals surface area contributed by atoms with Crippen molar-refractivity contribution in [3.63, 3.8) is 0 Å². The summed E-state index contributed by atoms with van der Waals surface area (Å²) >= 11 is 0. The van der Waals surface area contributed by atoms with Gasteiger partial charge in [0, 0.05) is 18.8 Å². The summed E-state index contributed by atoms with van der Waals surface area (Å²) in [4.78, 5) is 4.08. The van der Waals surface area contributed by atoms with Gasteiger partial charge in [0.25, 0.3) is 0 Å². The van der Waals surface area contributed by atoms with Gasteiger partial charge in [-0.15, -0.1) is 5.10 Å². The van der Waals surface area contributed by atoms with Crippen LogP contribution in [0.1, 0.15) is 38.3 Å². The number of halogens is 2. The average Bonchev–Trinajstić information content (AvgIpc) is 2.91. The Balaban J connectivity index is 1.81. The molecule has 0 spiro atoms. The first-order chi connectivity index (χ1) is 12.2. The number of hydrogen-bond acceptors (Lipinski definition) is 5. The SMILES string of the molecule is CCC(C)c1cc(F)c2cnc(N[C@@H]3CCN(S(C)(=O)=O)C[C@H]3F)nn12. The Morgan fingerprint density at radius 1 is 1.46 bits per heavy atom. The van der Waals surface area contributed by atoms with Crippen LogP contribution >= 0.6 is 0 Å². The van der Waals surface area contributed by atoms with Crippen LogP contribution in [0, 0.1) is 5.82 Å². The van der Waals surface area contributed by atoms with Crippen molar-refractivity contribution in [3.8, 4) is 0 Å². The number of aromatic nitrogens is 3. The Morgan fingerprint density at radius 3 is 2.81 bits per heavy atom. The summed E-state index contributed by atoms with van der Waals surface area (Å²) in [5.74, 6) is -0.0866. The van der Waals surface area contributed by atoms with Crippen molar-refractivity contribution in [3.05, 3.63) is 23.8 Å². The third-order valence-corrected chi connectivity index (χ3v) is 6.17. The second kappa shape index (κ2) is 7.07. The highest BCUT2D eigenvalue weighted by atomic mass is 32.2. The molecule has 3 heterocycles. The van der Waals surface area contributed by atoms with Gasteiger partial charge in [-0.2, -0.15) is 4.31 Å². The van der Waals surface area contributed by atoms with Gasteiger partial charge in [-0.3, -0.25) is 0 Å². The molecule has 1 saturated heterocycles. The van der Waals surface area contributed by atoms with Crippen LogP contribution in [0.4, 0.5) is 14.7 Å². The Hall–Kier alpha value is -1.81. The lowest BCUT2D eigenvalue weighted by Crippen LogP contribution is -2.49. The number of piperidine rings is 1. The first kappa shape index (κ1) is 19.0. The normalized spacial score (nSPS) is 23.3. The molecule has 144 valence electrons. The van der Waals surface area contributed by atoms with E-state index in [4.69, 9.17) is 0 Å². The molecular weight excluding hydrogens is 364 g/mol. The second-order valence-corrected chi connectivity index (χ2v) is 8.76. The van der Waals surface area contributed by atoms with E-state index in [1.807, 2.05) is 13.8 Å². The van der Waals surface area contributed by atoms with E-state index in [2.05, 4.69) is 15.4 Å². The van der Waals surface area contributed by atoms with Crippen LogP contribution < -0.4 is 5.32 Å². The molecule has 2 aromatic heterocycles. The van der Waals surface area contributed by atoms with Crippen LogP contribution in [-0.2, 0) is 10.0 Å². The fraction of sp³-hybridized carbons (Fsp3) is 0.625. The van der Waals surface area contributed by atoms with E-state index in [1.54, 1.807) is 0 Å². The van der Waals surface area contributed by atoms with Gasteiger partial charge >= 0.3 is 0 Å². The maximum atomic E-state index is 14.4. The second-order valence-electron chi connectivity index (χ2n) is 6.78. The molecule has 3 atom stereocenters. The number of hydrogen-bond donors (Lipinski definition) is 1. The molecule has 1 N–H and O–H groups in total. The summed E-state index contributed by atoms with van der Waals surface area (Å²) in [7, 11) is -3.41. The van der Waals surface area contributed by atoms with Gasteiger partial charge in [0.2, 0.25) is 16.0 Å². The highest BCUT2D eigenvalue weighted by Crippen LogP contribution is 2.24. The van der Waals surface area contributed by atoms with Crippen molar-refractivity contribution in [2.75, 3.05) is 24.7 Å². The predicted octanol–water partition coefficient (Wildman–Crippen LogP) is 2.17. The van der Waals surface area contributed by atoms with Gasteiger partial charge in [-0.25, -0.2) is 26.7 Å². The van der Waals surface area contributed by atoms with Crippen LogP contribution in [0.5, 0.6) is 0 Å². The summed E-state index contributed by atoms with van der Waals surface area (Å²) in [6.07, 6.45) is 2.19. The van der Waals surface area contributed by atoms with Gasteiger partial charge in [-0.05, 0) is 24.8 Å². The Kier molecular flexibility index (Phi) is 5.16. The highest BCUT2D eigenvalue weighted by molar-refractivity contribution is 7.88. The maximum absolute atomic E-state index is 14.4. The molecule has 0 bridgehead atoms. The van der Waals surface area contributed by atoms with E-state index in [9.17, 15) is 17.2 Å². The maximum Gasteiger partial charge on any atom is 0.241 e. The first-order valence-corrected chi connectivity index (χ1v) is 10.5. The van der Waals surface area contributed by atoms with E-state index < -0.39 is 28.1 Å². The van der Waals surface area contributed by atoms with Gasteiger partial charge in [0.1, 0.15) is 11.7 Å². The lowest BCUT2D eigenvalue weighted by atomic mass is 10.1.